The summed E-state index contributed by atoms with van der Waals surface area (Å²) in [5.74, 6) is 1.98. The van der Waals surface area contributed by atoms with E-state index >= 15 is 0 Å². The van der Waals surface area contributed by atoms with E-state index in [4.69, 9.17) is 15.0 Å². The molecule has 0 aliphatic rings. The molecule has 0 N–H and O–H groups in total. The summed E-state index contributed by atoms with van der Waals surface area (Å²) >= 11 is 1.81. The van der Waals surface area contributed by atoms with Crippen LogP contribution in [-0.2, 0) is 0 Å². The summed E-state index contributed by atoms with van der Waals surface area (Å²) in [6.07, 6.45) is 0. The van der Waals surface area contributed by atoms with Gasteiger partial charge in [0, 0.05) is 36.9 Å². The smallest absolute Gasteiger partial charge is 0.164 e. The number of hydrogen-bond donors (Lipinski definition) is 0. The molecule has 0 saturated heterocycles. The lowest BCUT2D eigenvalue weighted by atomic mass is 9.97. The van der Waals surface area contributed by atoms with E-state index in [9.17, 15) is 0 Å². The first-order valence-electron chi connectivity index (χ1n) is 15.0. The Hall–Kier alpha value is -5.71. The van der Waals surface area contributed by atoms with E-state index in [0.29, 0.717) is 17.5 Å². The van der Waals surface area contributed by atoms with Crippen molar-refractivity contribution < 1.29 is 0 Å². The minimum Gasteiger partial charge on any atom is -0.208 e. The number of aromatic nitrogens is 3. The van der Waals surface area contributed by atoms with Crippen molar-refractivity contribution in [3.05, 3.63) is 152 Å². The highest BCUT2D eigenvalue weighted by Gasteiger charge is 2.18. The van der Waals surface area contributed by atoms with Crippen LogP contribution in [0.2, 0.25) is 0 Å². The lowest BCUT2D eigenvalue weighted by Crippen LogP contribution is -2.00. The normalized spacial score (nSPS) is 11.6. The topological polar surface area (TPSA) is 38.7 Å². The third kappa shape index (κ3) is 4.55. The second-order valence-corrected chi connectivity index (χ2v) is 12.4. The van der Waals surface area contributed by atoms with Crippen LogP contribution in [0.3, 0.4) is 0 Å². The van der Waals surface area contributed by atoms with Crippen molar-refractivity contribution in [2.75, 3.05) is 0 Å². The minimum absolute atomic E-state index is 0.659. The predicted molar refractivity (Wildman–Crippen MR) is 189 cm³/mol. The van der Waals surface area contributed by atoms with Gasteiger partial charge in [-0.3, -0.25) is 0 Å². The maximum absolute atomic E-state index is 5.15. The maximum atomic E-state index is 5.15. The van der Waals surface area contributed by atoms with Crippen LogP contribution in [0.5, 0.6) is 0 Å². The molecule has 0 atom stereocenters. The van der Waals surface area contributed by atoms with Crippen molar-refractivity contribution in [2.24, 2.45) is 0 Å². The molecule has 45 heavy (non-hydrogen) atoms. The molecule has 0 amide bonds. The molecule has 0 fully saturated rings. The molecule has 0 saturated carbocycles. The second-order valence-electron chi connectivity index (χ2n) is 11.3. The summed E-state index contributed by atoms with van der Waals surface area (Å²) in [6, 6.07) is 53.4. The van der Waals surface area contributed by atoms with Crippen LogP contribution >= 0.6 is 11.3 Å². The molecule has 0 bridgehead atoms. The largest absolute Gasteiger partial charge is 0.208 e. The summed E-state index contributed by atoms with van der Waals surface area (Å²) in [5.41, 5.74) is 5.25. The Labute approximate surface area is 264 Å². The average Bonchev–Trinajstić information content (AvgIpc) is 3.49. The zero-order valence-corrected chi connectivity index (χ0v) is 25.0. The number of rotatable bonds is 4. The van der Waals surface area contributed by atoms with Gasteiger partial charge in [0.05, 0.1) is 0 Å². The molecule has 2 heterocycles. The molecule has 0 spiro atoms. The van der Waals surface area contributed by atoms with Gasteiger partial charge >= 0.3 is 0 Å². The minimum atomic E-state index is 0.659. The van der Waals surface area contributed by atoms with Gasteiger partial charge in [-0.15, -0.1) is 11.3 Å². The van der Waals surface area contributed by atoms with Gasteiger partial charge in [0.1, 0.15) is 0 Å². The quantitative estimate of drug-likeness (QED) is 0.204. The van der Waals surface area contributed by atoms with Crippen molar-refractivity contribution in [3.63, 3.8) is 0 Å². The Morgan fingerprint density at radius 3 is 1.53 bits per heavy atom. The molecule has 3 nitrogen and oxygen atoms in total. The average molecular weight is 592 g/mol. The standard InChI is InChI=1S/C41H25N3S/c1-2-12-28(13-3-1)35-24-33(25-37-38(35)34-16-8-9-17-36(34)45-37)41-43-39(31-20-18-26-10-4-6-14-29(26)22-31)42-40(44-41)32-21-19-27-11-5-7-15-30(27)23-32/h1-25H. The van der Waals surface area contributed by atoms with Crippen LogP contribution in [0, 0.1) is 0 Å². The second kappa shape index (κ2) is 10.5. The van der Waals surface area contributed by atoms with Crippen LogP contribution < -0.4 is 0 Å². The van der Waals surface area contributed by atoms with Gasteiger partial charge in [0.15, 0.2) is 17.5 Å². The Bertz CT molecular complexity index is 2450. The van der Waals surface area contributed by atoms with Crippen molar-refractivity contribution in [1.29, 1.82) is 0 Å². The predicted octanol–water partition coefficient (Wildman–Crippen LogP) is 11.2. The lowest BCUT2D eigenvalue weighted by Gasteiger charge is -2.12. The molecular weight excluding hydrogens is 567 g/mol. The molecule has 0 radical (unpaired) electrons. The van der Waals surface area contributed by atoms with Gasteiger partial charge in [0.2, 0.25) is 0 Å². The Morgan fingerprint density at radius 1 is 0.356 bits per heavy atom. The van der Waals surface area contributed by atoms with E-state index in [0.717, 1.165) is 27.5 Å². The third-order valence-corrected chi connectivity index (χ3v) is 9.59. The van der Waals surface area contributed by atoms with Crippen molar-refractivity contribution in [1.82, 2.24) is 15.0 Å². The van der Waals surface area contributed by atoms with Gasteiger partial charge in [-0.2, -0.15) is 0 Å². The van der Waals surface area contributed by atoms with E-state index in [1.54, 1.807) is 0 Å². The first kappa shape index (κ1) is 25.8. The van der Waals surface area contributed by atoms with Crippen LogP contribution in [0.4, 0.5) is 0 Å². The number of thiophene rings is 1. The molecule has 2 aromatic heterocycles. The van der Waals surface area contributed by atoms with Gasteiger partial charge in [0.25, 0.3) is 0 Å². The molecule has 7 aromatic carbocycles. The highest BCUT2D eigenvalue weighted by molar-refractivity contribution is 7.26. The van der Waals surface area contributed by atoms with Crippen LogP contribution in [0.25, 0.3) is 87.0 Å². The maximum Gasteiger partial charge on any atom is 0.164 e. The highest BCUT2D eigenvalue weighted by atomic mass is 32.1. The summed E-state index contributed by atoms with van der Waals surface area (Å²) < 4.78 is 2.48. The fourth-order valence-corrected chi connectivity index (χ4v) is 7.42. The molecule has 9 rings (SSSR count). The summed E-state index contributed by atoms with van der Waals surface area (Å²) in [5, 5.41) is 7.22. The Morgan fingerprint density at radius 2 is 0.889 bits per heavy atom. The molecule has 0 aliphatic heterocycles. The van der Waals surface area contributed by atoms with E-state index in [1.807, 2.05) is 11.3 Å². The van der Waals surface area contributed by atoms with E-state index in [1.165, 1.54) is 42.1 Å². The number of hydrogen-bond acceptors (Lipinski definition) is 4. The summed E-state index contributed by atoms with van der Waals surface area (Å²) in [6.45, 7) is 0. The molecule has 0 aliphatic carbocycles. The monoisotopic (exact) mass is 591 g/mol. The number of benzene rings is 7. The van der Waals surface area contributed by atoms with E-state index in [2.05, 4.69) is 152 Å². The number of nitrogens with zero attached hydrogens (tertiary/aromatic N) is 3. The van der Waals surface area contributed by atoms with Crippen LogP contribution in [0.1, 0.15) is 0 Å². The van der Waals surface area contributed by atoms with Crippen molar-refractivity contribution in [2.45, 2.75) is 0 Å². The fourth-order valence-electron chi connectivity index (χ4n) is 6.25. The van der Waals surface area contributed by atoms with Gasteiger partial charge < -0.3 is 0 Å². The van der Waals surface area contributed by atoms with Gasteiger partial charge in [-0.05, 0) is 63.0 Å². The Kier molecular flexibility index (Phi) is 6.00. The summed E-state index contributed by atoms with van der Waals surface area (Å²) in [7, 11) is 0. The fraction of sp³-hybridized carbons (Fsp3) is 0. The van der Waals surface area contributed by atoms with Gasteiger partial charge in [-0.25, -0.2) is 15.0 Å². The van der Waals surface area contributed by atoms with E-state index in [-0.39, 0.29) is 0 Å². The highest BCUT2D eigenvalue weighted by Crippen LogP contribution is 2.42. The van der Waals surface area contributed by atoms with Gasteiger partial charge in [-0.1, -0.05) is 121 Å². The first-order chi connectivity index (χ1) is 22.3. The van der Waals surface area contributed by atoms with E-state index < -0.39 is 0 Å². The third-order valence-electron chi connectivity index (χ3n) is 8.47. The van der Waals surface area contributed by atoms with Crippen molar-refractivity contribution >= 4 is 53.1 Å². The zero-order valence-electron chi connectivity index (χ0n) is 24.2. The summed E-state index contributed by atoms with van der Waals surface area (Å²) in [4.78, 5) is 15.4. The lowest BCUT2D eigenvalue weighted by molar-refractivity contribution is 1.08. The molecular formula is C41H25N3S. The molecule has 4 heteroatoms. The molecule has 9 aromatic rings. The van der Waals surface area contributed by atoms with Crippen LogP contribution in [0.15, 0.2) is 152 Å². The SMILES string of the molecule is c1ccc(-c2cc(-c3nc(-c4ccc5ccccc5c4)nc(-c4ccc5ccccc5c4)n3)cc3sc4ccccc4c23)cc1. The molecule has 210 valence electrons. The molecule has 0 unspecified atom stereocenters. The van der Waals surface area contributed by atoms with Crippen molar-refractivity contribution in [3.8, 4) is 45.3 Å². The van der Waals surface area contributed by atoms with Crippen LogP contribution in [-0.4, -0.2) is 15.0 Å². The first-order valence-corrected chi connectivity index (χ1v) is 15.8. The number of fused-ring (bicyclic) bond motifs is 5. The Balaban J connectivity index is 1.31. The zero-order chi connectivity index (χ0) is 29.7.